The molecule has 30 heavy (non-hydrogen) atoms. The minimum Gasteiger partial charge on any atom is -0.349 e. The molecule has 5 nitrogen and oxygen atoms in total. The van der Waals surface area contributed by atoms with Crippen LogP contribution in [0, 0.1) is 0 Å². The van der Waals surface area contributed by atoms with Crippen LogP contribution in [0.15, 0.2) is 72.1 Å². The standard InChI is InChI=1S/C24H25N3O2S/c28-23(19-8-4-9-21(16-19)26-24(29)22-10-5-15-30-22)25-20-11-13-27(14-12-20)17-18-6-2-1-3-7-18/h1-10,15-16,20H,11-14,17H2,(H,25,28)(H,26,29). The molecule has 2 amide bonds. The van der Waals surface area contributed by atoms with E-state index in [1.54, 1.807) is 30.3 Å². The van der Waals surface area contributed by atoms with Gasteiger partial charge in [-0.15, -0.1) is 11.3 Å². The maximum absolute atomic E-state index is 12.7. The summed E-state index contributed by atoms with van der Waals surface area (Å²) in [4.78, 5) is 28.0. The van der Waals surface area contributed by atoms with E-state index in [0.717, 1.165) is 32.5 Å². The van der Waals surface area contributed by atoms with Crippen molar-refractivity contribution in [3.05, 3.63) is 88.1 Å². The molecule has 0 bridgehead atoms. The van der Waals surface area contributed by atoms with Crippen LogP contribution in [0.5, 0.6) is 0 Å². The van der Waals surface area contributed by atoms with Crippen LogP contribution in [0.1, 0.15) is 38.4 Å². The second-order valence-corrected chi connectivity index (χ2v) is 8.47. The van der Waals surface area contributed by atoms with Crippen molar-refractivity contribution in [3.8, 4) is 0 Å². The van der Waals surface area contributed by atoms with Crippen molar-refractivity contribution in [2.45, 2.75) is 25.4 Å². The zero-order valence-corrected chi connectivity index (χ0v) is 17.5. The van der Waals surface area contributed by atoms with E-state index in [4.69, 9.17) is 0 Å². The van der Waals surface area contributed by atoms with Crippen molar-refractivity contribution in [2.75, 3.05) is 18.4 Å². The molecular weight excluding hydrogens is 394 g/mol. The Morgan fingerprint density at radius 2 is 1.73 bits per heavy atom. The van der Waals surface area contributed by atoms with Gasteiger partial charge in [-0.25, -0.2) is 0 Å². The molecule has 1 aromatic heterocycles. The van der Waals surface area contributed by atoms with Gasteiger partial charge in [-0.2, -0.15) is 0 Å². The van der Waals surface area contributed by atoms with Gasteiger partial charge < -0.3 is 10.6 Å². The molecule has 154 valence electrons. The number of likely N-dealkylation sites (tertiary alicyclic amines) is 1. The Labute approximate surface area is 180 Å². The molecule has 2 aromatic carbocycles. The van der Waals surface area contributed by atoms with Gasteiger partial charge in [0.05, 0.1) is 4.88 Å². The first-order valence-corrected chi connectivity index (χ1v) is 11.1. The Hall–Kier alpha value is -2.96. The number of hydrogen-bond donors (Lipinski definition) is 2. The molecule has 1 aliphatic heterocycles. The maximum atomic E-state index is 12.7. The number of hydrogen-bond acceptors (Lipinski definition) is 4. The number of nitrogens with one attached hydrogen (secondary N) is 2. The van der Waals surface area contributed by atoms with Crippen LogP contribution < -0.4 is 10.6 Å². The number of carbonyl (C=O) groups excluding carboxylic acids is 2. The monoisotopic (exact) mass is 419 g/mol. The number of nitrogens with zero attached hydrogens (tertiary/aromatic N) is 1. The highest BCUT2D eigenvalue weighted by Crippen LogP contribution is 2.17. The van der Waals surface area contributed by atoms with Gasteiger partial charge in [0, 0.05) is 36.9 Å². The van der Waals surface area contributed by atoms with Crippen molar-refractivity contribution in [1.82, 2.24) is 10.2 Å². The first-order chi connectivity index (χ1) is 14.7. The Morgan fingerprint density at radius 3 is 2.47 bits per heavy atom. The topological polar surface area (TPSA) is 61.4 Å². The molecule has 0 unspecified atom stereocenters. The zero-order chi connectivity index (χ0) is 20.8. The lowest BCUT2D eigenvalue weighted by Gasteiger charge is -2.32. The first kappa shape index (κ1) is 20.3. The molecular formula is C24H25N3O2S. The largest absolute Gasteiger partial charge is 0.349 e. The molecule has 0 radical (unpaired) electrons. The van der Waals surface area contributed by atoms with Gasteiger partial charge in [0.25, 0.3) is 11.8 Å². The van der Waals surface area contributed by atoms with E-state index < -0.39 is 0 Å². The van der Waals surface area contributed by atoms with Crippen LogP contribution in [-0.4, -0.2) is 35.8 Å². The highest BCUT2D eigenvalue weighted by Gasteiger charge is 2.21. The number of carbonyl (C=O) groups is 2. The summed E-state index contributed by atoms with van der Waals surface area (Å²) < 4.78 is 0. The van der Waals surface area contributed by atoms with Crippen LogP contribution in [0.3, 0.4) is 0 Å². The normalized spacial score (nSPS) is 14.9. The summed E-state index contributed by atoms with van der Waals surface area (Å²) in [6.07, 6.45) is 1.88. The Kier molecular flexibility index (Phi) is 6.57. The number of thiophene rings is 1. The third-order valence-corrected chi connectivity index (χ3v) is 6.17. The Balaban J connectivity index is 1.28. The van der Waals surface area contributed by atoms with Crippen molar-refractivity contribution in [2.24, 2.45) is 0 Å². The van der Waals surface area contributed by atoms with E-state index in [0.29, 0.717) is 16.1 Å². The van der Waals surface area contributed by atoms with Crippen molar-refractivity contribution in [3.63, 3.8) is 0 Å². The van der Waals surface area contributed by atoms with Gasteiger partial charge in [-0.05, 0) is 48.1 Å². The van der Waals surface area contributed by atoms with Gasteiger partial charge in [0.2, 0.25) is 0 Å². The smallest absolute Gasteiger partial charge is 0.265 e. The van der Waals surface area contributed by atoms with E-state index in [1.807, 2.05) is 17.5 Å². The summed E-state index contributed by atoms with van der Waals surface area (Å²) in [7, 11) is 0. The minimum atomic E-state index is -0.159. The molecule has 0 saturated carbocycles. The van der Waals surface area contributed by atoms with E-state index in [1.165, 1.54) is 16.9 Å². The zero-order valence-electron chi connectivity index (χ0n) is 16.7. The lowest BCUT2D eigenvalue weighted by Crippen LogP contribution is -2.44. The predicted molar refractivity (Wildman–Crippen MR) is 121 cm³/mol. The average molecular weight is 420 g/mol. The quantitative estimate of drug-likeness (QED) is 0.623. The van der Waals surface area contributed by atoms with E-state index in [2.05, 4.69) is 39.8 Å². The molecule has 4 rings (SSSR count). The van der Waals surface area contributed by atoms with Gasteiger partial charge in [0.15, 0.2) is 0 Å². The minimum absolute atomic E-state index is 0.0938. The third-order valence-electron chi connectivity index (χ3n) is 5.30. The number of piperidine rings is 1. The van der Waals surface area contributed by atoms with Crippen LogP contribution in [0.2, 0.25) is 0 Å². The average Bonchev–Trinajstić information content (AvgIpc) is 3.31. The Bertz CT molecular complexity index is 981. The summed E-state index contributed by atoms with van der Waals surface area (Å²) in [6, 6.07) is 21.4. The third kappa shape index (κ3) is 5.34. The molecule has 0 spiro atoms. The predicted octanol–water partition coefficient (Wildman–Crippen LogP) is 4.39. The molecule has 1 aliphatic rings. The number of benzene rings is 2. The van der Waals surface area contributed by atoms with E-state index in [9.17, 15) is 9.59 Å². The van der Waals surface area contributed by atoms with Gasteiger partial charge >= 0.3 is 0 Å². The molecule has 2 heterocycles. The highest BCUT2D eigenvalue weighted by molar-refractivity contribution is 7.12. The van der Waals surface area contributed by atoms with Crippen LogP contribution in [0.4, 0.5) is 5.69 Å². The first-order valence-electron chi connectivity index (χ1n) is 10.2. The fourth-order valence-electron chi connectivity index (χ4n) is 3.68. The van der Waals surface area contributed by atoms with Crippen LogP contribution in [0.25, 0.3) is 0 Å². The number of amides is 2. The number of anilines is 1. The van der Waals surface area contributed by atoms with Gasteiger partial charge in [-0.1, -0.05) is 42.5 Å². The number of rotatable bonds is 6. The molecule has 6 heteroatoms. The van der Waals surface area contributed by atoms with Crippen molar-refractivity contribution >= 4 is 28.8 Å². The fraction of sp³-hybridized carbons (Fsp3) is 0.250. The summed E-state index contributed by atoms with van der Waals surface area (Å²) in [5.74, 6) is -0.253. The summed E-state index contributed by atoms with van der Waals surface area (Å²) in [5.41, 5.74) is 2.51. The van der Waals surface area contributed by atoms with Crippen LogP contribution >= 0.6 is 11.3 Å². The second-order valence-electron chi connectivity index (χ2n) is 7.52. The maximum Gasteiger partial charge on any atom is 0.265 e. The highest BCUT2D eigenvalue weighted by atomic mass is 32.1. The van der Waals surface area contributed by atoms with Gasteiger partial charge in [0.1, 0.15) is 0 Å². The SMILES string of the molecule is O=C(NC1CCN(Cc2ccccc2)CC1)c1cccc(NC(=O)c2cccs2)c1. The second kappa shape index (κ2) is 9.69. The van der Waals surface area contributed by atoms with Crippen molar-refractivity contribution < 1.29 is 9.59 Å². The molecule has 0 atom stereocenters. The molecule has 1 saturated heterocycles. The fourth-order valence-corrected chi connectivity index (χ4v) is 4.30. The Morgan fingerprint density at radius 1 is 0.933 bits per heavy atom. The summed E-state index contributed by atoms with van der Waals surface area (Å²) in [6.45, 7) is 2.89. The van der Waals surface area contributed by atoms with Crippen LogP contribution in [-0.2, 0) is 6.54 Å². The molecule has 3 aromatic rings. The molecule has 1 fully saturated rings. The molecule has 2 N–H and O–H groups in total. The van der Waals surface area contributed by atoms with E-state index in [-0.39, 0.29) is 17.9 Å². The van der Waals surface area contributed by atoms with E-state index >= 15 is 0 Å². The van der Waals surface area contributed by atoms with Gasteiger partial charge in [-0.3, -0.25) is 14.5 Å². The lowest BCUT2D eigenvalue weighted by molar-refractivity contribution is 0.0908. The summed E-state index contributed by atoms with van der Waals surface area (Å²) in [5, 5.41) is 7.87. The lowest BCUT2D eigenvalue weighted by atomic mass is 10.0. The van der Waals surface area contributed by atoms with Crippen molar-refractivity contribution in [1.29, 1.82) is 0 Å². The summed E-state index contributed by atoms with van der Waals surface area (Å²) >= 11 is 1.39. The molecule has 0 aliphatic carbocycles.